The third-order valence-electron chi connectivity index (χ3n) is 3.35. The molecule has 118 valence electrons. The van der Waals surface area contributed by atoms with Crippen LogP contribution in [0.4, 0.5) is 0 Å². The van der Waals surface area contributed by atoms with Gasteiger partial charge < -0.3 is 4.84 Å². The molecule has 0 radical (unpaired) electrons. The maximum Gasteiger partial charge on any atom is 0.375 e. The van der Waals surface area contributed by atoms with Crippen LogP contribution >= 0.6 is 11.3 Å². The molecule has 1 aliphatic rings. The molecule has 0 amide bonds. The van der Waals surface area contributed by atoms with Crippen LogP contribution < -0.4 is 0 Å². The summed E-state index contributed by atoms with van der Waals surface area (Å²) in [6, 6.07) is 10.2. The van der Waals surface area contributed by atoms with E-state index in [1.807, 2.05) is 13.0 Å². The van der Waals surface area contributed by atoms with E-state index in [9.17, 15) is 13.2 Å². The van der Waals surface area contributed by atoms with E-state index in [4.69, 9.17) is 4.84 Å². The standard InChI is InChI=1S/C16H13NO4S2/c1-10-7-8-14(22-10)16(18)21-17-11(2)13-9-23(19,20)15-6-4-3-5-12(13)15/h3-9H,1-2H3/b17-11+. The Balaban J connectivity index is 1.86. The molecule has 0 spiro atoms. The number of allylic oxidation sites excluding steroid dienone is 1. The van der Waals surface area contributed by atoms with Gasteiger partial charge in [0.2, 0.25) is 9.84 Å². The van der Waals surface area contributed by atoms with Gasteiger partial charge >= 0.3 is 5.97 Å². The van der Waals surface area contributed by atoms with Gasteiger partial charge in [0.05, 0.1) is 10.6 Å². The predicted octanol–water partition coefficient (Wildman–Crippen LogP) is 3.42. The van der Waals surface area contributed by atoms with Crippen molar-refractivity contribution in [3.63, 3.8) is 0 Å². The van der Waals surface area contributed by atoms with Crippen molar-refractivity contribution in [2.45, 2.75) is 18.7 Å². The fourth-order valence-corrected chi connectivity index (χ4v) is 4.48. The number of hydrogen-bond donors (Lipinski definition) is 0. The summed E-state index contributed by atoms with van der Waals surface area (Å²) >= 11 is 1.31. The Bertz CT molecular complexity index is 952. The first kappa shape index (κ1) is 15.6. The summed E-state index contributed by atoms with van der Waals surface area (Å²) in [4.78, 5) is 18.5. The molecular formula is C16H13NO4S2. The van der Waals surface area contributed by atoms with E-state index in [2.05, 4.69) is 5.16 Å². The van der Waals surface area contributed by atoms with E-state index in [1.165, 1.54) is 11.3 Å². The van der Waals surface area contributed by atoms with Gasteiger partial charge in [-0.1, -0.05) is 23.4 Å². The molecule has 0 aliphatic carbocycles. The Morgan fingerprint density at radius 1 is 1.17 bits per heavy atom. The summed E-state index contributed by atoms with van der Waals surface area (Å²) in [5, 5.41) is 4.95. The van der Waals surface area contributed by atoms with Crippen molar-refractivity contribution in [2.75, 3.05) is 0 Å². The van der Waals surface area contributed by atoms with Crippen molar-refractivity contribution in [1.29, 1.82) is 0 Å². The smallest absolute Gasteiger partial charge is 0.312 e. The zero-order chi connectivity index (χ0) is 16.6. The Kier molecular flexibility index (Phi) is 3.91. The van der Waals surface area contributed by atoms with Gasteiger partial charge in [0, 0.05) is 21.4 Å². The summed E-state index contributed by atoms with van der Waals surface area (Å²) in [5.41, 5.74) is 1.34. The summed E-state index contributed by atoms with van der Waals surface area (Å²) < 4.78 is 24.2. The number of benzene rings is 1. The largest absolute Gasteiger partial charge is 0.375 e. The molecule has 7 heteroatoms. The minimum atomic E-state index is -3.47. The highest BCUT2D eigenvalue weighted by Gasteiger charge is 2.28. The van der Waals surface area contributed by atoms with Crippen LogP contribution in [0.1, 0.15) is 27.0 Å². The highest BCUT2D eigenvalue weighted by atomic mass is 32.2. The zero-order valence-electron chi connectivity index (χ0n) is 12.4. The van der Waals surface area contributed by atoms with E-state index in [0.29, 0.717) is 21.7 Å². The van der Waals surface area contributed by atoms with Crippen LogP contribution in [0, 0.1) is 6.92 Å². The van der Waals surface area contributed by atoms with E-state index >= 15 is 0 Å². The summed E-state index contributed by atoms with van der Waals surface area (Å²) in [6.07, 6.45) is 0. The molecule has 0 saturated heterocycles. The maximum atomic E-state index is 12.1. The van der Waals surface area contributed by atoms with Gasteiger partial charge in [-0.25, -0.2) is 13.2 Å². The molecule has 0 N–H and O–H groups in total. The molecule has 0 bridgehead atoms. The second-order valence-electron chi connectivity index (χ2n) is 5.04. The number of aryl methyl sites for hydroxylation is 1. The molecular weight excluding hydrogens is 334 g/mol. The lowest BCUT2D eigenvalue weighted by atomic mass is 10.0. The Hall–Kier alpha value is -2.25. The maximum absolute atomic E-state index is 12.1. The molecule has 0 saturated carbocycles. The van der Waals surface area contributed by atoms with Crippen molar-refractivity contribution in [3.8, 4) is 0 Å². The summed E-state index contributed by atoms with van der Waals surface area (Å²) in [6.45, 7) is 3.50. The number of sulfone groups is 1. The number of rotatable bonds is 3. The third kappa shape index (κ3) is 2.97. The van der Waals surface area contributed by atoms with Gasteiger partial charge in [-0.2, -0.15) is 0 Å². The molecule has 5 nitrogen and oxygen atoms in total. The quantitative estimate of drug-likeness (QED) is 0.484. The first-order chi connectivity index (χ1) is 10.9. The molecule has 0 unspecified atom stereocenters. The first-order valence-electron chi connectivity index (χ1n) is 6.77. The van der Waals surface area contributed by atoms with Gasteiger partial charge in [-0.15, -0.1) is 11.3 Å². The number of nitrogens with zero attached hydrogens (tertiary/aromatic N) is 1. The average molecular weight is 347 g/mol. The third-order valence-corrected chi connectivity index (χ3v) is 5.85. The van der Waals surface area contributed by atoms with Crippen molar-refractivity contribution >= 4 is 38.4 Å². The summed E-state index contributed by atoms with van der Waals surface area (Å²) in [5.74, 6) is -0.558. The fraction of sp³-hybridized carbons (Fsp3) is 0.125. The second kappa shape index (κ2) is 5.75. The molecule has 1 aromatic carbocycles. The lowest BCUT2D eigenvalue weighted by molar-refractivity contribution is 0.0522. The van der Waals surface area contributed by atoms with Crippen LogP contribution in [0.25, 0.3) is 5.57 Å². The van der Waals surface area contributed by atoms with Gasteiger partial charge in [0.15, 0.2) is 0 Å². The highest BCUT2D eigenvalue weighted by molar-refractivity contribution is 7.95. The van der Waals surface area contributed by atoms with Crippen molar-refractivity contribution in [1.82, 2.24) is 0 Å². The summed E-state index contributed by atoms with van der Waals surface area (Å²) in [7, 11) is -3.47. The monoisotopic (exact) mass is 347 g/mol. The number of oxime groups is 1. The van der Waals surface area contributed by atoms with Gasteiger partial charge in [0.1, 0.15) is 4.88 Å². The topological polar surface area (TPSA) is 72.8 Å². The minimum Gasteiger partial charge on any atom is -0.312 e. The zero-order valence-corrected chi connectivity index (χ0v) is 14.1. The fourth-order valence-electron chi connectivity index (χ4n) is 2.25. The van der Waals surface area contributed by atoms with Crippen LogP contribution in [0.3, 0.4) is 0 Å². The number of carbonyl (C=O) groups is 1. The predicted molar refractivity (Wildman–Crippen MR) is 89.2 cm³/mol. The highest BCUT2D eigenvalue weighted by Crippen LogP contribution is 2.33. The van der Waals surface area contributed by atoms with E-state index in [1.54, 1.807) is 37.3 Å². The number of fused-ring (bicyclic) bond motifs is 1. The lowest BCUT2D eigenvalue weighted by Gasteiger charge is -2.03. The van der Waals surface area contributed by atoms with E-state index in [0.717, 1.165) is 10.3 Å². The van der Waals surface area contributed by atoms with Crippen LogP contribution in [-0.2, 0) is 14.7 Å². The minimum absolute atomic E-state index is 0.241. The van der Waals surface area contributed by atoms with Crippen molar-refractivity contribution < 1.29 is 18.0 Å². The Labute approximate surface area is 137 Å². The molecule has 3 rings (SSSR count). The average Bonchev–Trinajstić information content (AvgIpc) is 3.07. The number of hydrogen-bond acceptors (Lipinski definition) is 6. The van der Waals surface area contributed by atoms with Crippen LogP contribution in [0.5, 0.6) is 0 Å². The normalized spacial score (nSPS) is 15.9. The Morgan fingerprint density at radius 3 is 2.61 bits per heavy atom. The van der Waals surface area contributed by atoms with Crippen molar-refractivity contribution in [3.05, 3.63) is 57.1 Å². The first-order valence-corrected chi connectivity index (χ1v) is 9.14. The molecule has 1 aromatic heterocycles. The van der Waals surface area contributed by atoms with Gasteiger partial charge in [-0.05, 0) is 32.0 Å². The van der Waals surface area contributed by atoms with Crippen LogP contribution in [0.15, 0.2) is 51.9 Å². The van der Waals surface area contributed by atoms with E-state index < -0.39 is 15.8 Å². The molecule has 0 fully saturated rings. The molecule has 2 heterocycles. The molecule has 2 aromatic rings. The molecule has 23 heavy (non-hydrogen) atoms. The number of carbonyl (C=O) groups excluding carboxylic acids is 1. The Morgan fingerprint density at radius 2 is 1.91 bits per heavy atom. The SMILES string of the molecule is C/C(=N\OC(=O)c1ccc(C)s1)C1=CS(=O)(=O)c2ccccc21. The van der Waals surface area contributed by atoms with Crippen LogP contribution in [-0.4, -0.2) is 20.1 Å². The van der Waals surface area contributed by atoms with Gasteiger partial charge in [0.25, 0.3) is 0 Å². The second-order valence-corrected chi connectivity index (χ2v) is 8.09. The van der Waals surface area contributed by atoms with Gasteiger partial charge in [-0.3, -0.25) is 0 Å². The number of thiophene rings is 1. The molecule has 0 atom stereocenters. The molecule has 1 aliphatic heterocycles. The lowest BCUT2D eigenvalue weighted by Crippen LogP contribution is -2.02. The van der Waals surface area contributed by atoms with Crippen LogP contribution in [0.2, 0.25) is 0 Å². The van der Waals surface area contributed by atoms with E-state index in [-0.39, 0.29) is 4.90 Å². The van der Waals surface area contributed by atoms with Crippen molar-refractivity contribution in [2.24, 2.45) is 5.16 Å².